The van der Waals surface area contributed by atoms with Crippen molar-refractivity contribution in [3.05, 3.63) is 214 Å². The molecular weight excluding hydrogens is 785 g/mol. The molecule has 0 aliphatic rings. The van der Waals surface area contributed by atoms with Gasteiger partial charge in [0.05, 0.1) is 27.6 Å². The molecule has 4 nitrogen and oxygen atoms in total. The lowest BCUT2D eigenvalue weighted by Gasteiger charge is -2.35. The second kappa shape index (κ2) is 14.0. The largest absolute Gasteiger partial charge is 0.309 e. The van der Waals surface area contributed by atoms with Gasteiger partial charge in [0.2, 0.25) is 0 Å². The smallest absolute Gasteiger partial charge is 0.197 e. The van der Waals surface area contributed by atoms with Crippen molar-refractivity contribution in [2.45, 2.75) is 52.4 Å². The van der Waals surface area contributed by atoms with Gasteiger partial charge in [-0.2, -0.15) is 0 Å². The Balaban J connectivity index is 1.36. The molecule has 0 radical (unpaired) electrons. The first-order valence-electron chi connectivity index (χ1n) is 21.9. The van der Waals surface area contributed by atoms with Crippen molar-refractivity contribution in [2.24, 2.45) is 0 Å². The van der Waals surface area contributed by atoms with Crippen LogP contribution in [0.1, 0.15) is 52.7 Å². The Hall–Kier alpha value is -7.08. The molecule has 11 rings (SSSR count). The van der Waals surface area contributed by atoms with Crippen LogP contribution in [0.25, 0.3) is 65.6 Å². The Morgan fingerprint density at radius 3 is 1.30 bits per heavy atom. The van der Waals surface area contributed by atoms with Crippen LogP contribution in [0.3, 0.4) is 0 Å². The van der Waals surface area contributed by atoms with Crippen molar-refractivity contribution in [2.75, 3.05) is 0 Å². The quantitative estimate of drug-likeness (QED) is 0.0750. The Bertz CT molecular complexity index is 3510. The summed E-state index contributed by atoms with van der Waals surface area (Å²) in [5, 5.41) is 9.61. The third kappa shape index (κ3) is 5.72. The predicted octanol–water partition coefficient (Wildman–Crippen LogP) is 10.6. The fourth-order valence-electron chi connectivity index (χ4n) is 10.4. The van der Waals surface area contributed by atoms with Crippen molar-refractivity contribution in [3.8, 4) is 5.69 Å². The molecule has 0 atom stereocenters. The zero-order valence-electron chi connectivity index (χ0n) is 36.5. The molecule has 3 heterocycles. The minimum absolute atomic E-state index is 0.0735. The fourth-order valence-corrected chi connectivity index (χ4v) is 15.3. The molecule has 0 spiro atoms. The predicted molar refractivity (Wildman–Crippen MR) is 269 cm³/mol. The molecule has 0 saturated carbocycles. The van der Waals surface area contributed by atoms with E-state index < -0.39 is 8.07 Å². The molecule has 0 fully saturated rings. The van der Waals surface area contributed by atoms with Crippen LogP contribution < -0.4 is 31.6 Å². The van der Waals surface area contributed by atoms with Crippen LogP contribution in [0, 0.1) is 0 Å². The van der Waals surface area contributed by atoms with Gasteiger partial charge in [-0.25, -0.2) is 0 Å². The summed E-state index contributed by atoms with van der Waals surface area (Å²) in [4.78, 5) is 30.6. The number of benzene rings is 8. The maximum atomic E-state index is 15.3. The van der Waals surface area contributed by atoms with Crippen LogP contribution in [0.2, 0.25) is 0 Å². The first-order valence-corrected chi connectivity index (χ1v) is 23.9. The van der Waals surface area contributed by atoms with Gasteiger partial charge in [-0.1, -0.05) is 181 Å². The average Bonchev–Trinajstić information content (AvgIpc) is 3.64. The zero-order valence-corrected chi connectivity index (χ0v) is 37.5. The van der Waals surface area contributed by atoms with Crippen molar-refractivity contribution < 1.29 is 0 Å². The van der Waals surface area contributed by atoms with E-state index in [1.165, 1.54) is 20.7 Å². The van der Waals surface area contributed by atoms with Crippen LogP contribution in [-0.2, 0) is 10.8 Å². The Morgan fingerprint density at radius 1 is 0.381 bits per heavy atom. The van der Waals surface area contributed by atoms with Crippen molar-refractivity contribution in [1.29, 1.82) is 0 Å². The van der Waals surface area contributed by atoms with Gasteiger partial charge in [-0.15, -0.1) is 0 Å². The van der Waals surface area contributed by atoms with Gasteiger partial charge in [0.1, 0.15) is 0 Å². The van der Waals surface area contributed by atoms with Crippen molar-refractivity contribution in [3.63, 3.8) is 0 Å². The minimum Gasteiger partial charge on any atom is -0.309 e. The standard InChI is InChI=1S/C58H48N2O2Si/c1-57(2,3)37-29-31-50-45(33-37)55(61)47-35-39(36-48-53(47)60(50)51-32-30-38(58(4,5)6)34-46(51)56(48)62)59-49-27-17-16-25-43(49)44-26-18-28-52(54(44)59)63(40-19-10-7-11-20-40,41-21-12-8-13-22-41)42-23-14-9-15-24-42/h7-36H,1-6H3. The molecule has 0 aliphatic heterocycles. The summed E-state index contributed by atoms with van der Waals surface area (Å²) in [6.45, 7) is 13.1. The van der Waals surface area contributed by atoms with Crippen LogP contribution in [0.15, 0.2) is 192 Å². The molecule has 0 aliphatic carbocycles. The molecule has 3 aromatic heterocycles. The van der Waals surface area contributed by atoms with Gasteiger partial charge in [0, 0.05) is 38.0 Å². The number of hydrogen-bond acceptors (Lipinski definition) is 2. The lowest BCUT2D eigenvalue weighted by atomic mass is 9.85. The summed E-state index contributed by atoms with van der Waals surface area (Å²) < 4.78 is 4.52. The monoisotopic (exact) mass is 832 g/mol. The fraction of sp³-hybridized carbons (Fsp3) is 0.138. The van der Waals surface area contributed by atoms with E-state index in [4.69, 9.17) is 0 Å². The summed E-state index contributed by atoms with van der Waals surface area (Å²) in [7, 11) is -3.08. The molecular formula is C58H48N2O2Si. The van der Waals surface area contributed by atoms with E-state index in [9.17, 15) is 0 Å². The van der Waals surface area contributed by atoms with Crippen LogP contribution in [0.4, 0.5) is 0 Å². The van der Waals surface area contributed by atoms with E-state index in [2.05, 4.69) is 233 Å². The van der Waals surface area contributed by atoms with Crippen molar-refractivity contribution in [1.82, 2.24) is 8.97 Å². The highest BCUT2D eigenvalue weighted by molar-refractivity contribution is 7.20. The maximum absolute atomic E-state index is 15.3. The van der Waals surface area contributed by atoms with E-state index >= 15 is 9.59 Å². The molecule has 5 heteroatoms. The minimum atomic E-state index is -3.08. The summed E-state index contributed by atoms with van der Waals surface area (Å²) in [5.74, 6) is 0. The van der Waals surface area contributed by atoms with E-state index in [0.29, 0.717) is 27.1 Å². The van der Waals surface area contributed by atoms with Gasteiger partial charge in [-0.3, -0.25) is 9.59 Å². The molecule has 0 amide bonds. The molecule has 63 heavy (non-hydrogen) atoms. The van der Waals surface area contributed by atoms with Gasteiger partial charge in [-0.05, 0) is 85.2 Å². The van der Waals surface area contributed by atoms with Crippen LogP contribution >= 0.6 is 0 Å². The molecule has 0 N–H and O–H groups in total. The second-order valence-corrected chi connectivity index (χ2v) is 23.0. The molecule has 11 aromatic rings. The van der Waals surface area contributed by atoms with E-state index in [1.807, 2.05) is 0 Å². The summed E-state index contributed by atoms with van der Waals surface area (Å²) >= 11 is 0. The second-order valence-electron chi connectivity index (χ2n) is 19.2. The first-order chi connectivity index (χ1) is 30.4. The van der Waals surface area contributed by atoms with E-state index in [0.717, 1.165) is 49.7 Å². The molecule has 0 bridgehead atoms. The summed E-state index contributed by atoms with van der Waals surface area (Å²) in [6, 6.07) is 65.0. The number of fused-ring (bicyclic) bond motifs is 7. The van der Waals surface area contributed by atoms with Gasteiger partial charge in [0.15, 0.2) is 18.9 Å². The first kappa shape index (κ1) is 38.8. The van der Waals surface area contributed by atoms with Crippen molar-refractivity contribution >= 4 is 88.7 Å². The van der Waals surface area contributed by atoms with Gasteiger partial charge < -0.3 is 8.97 Å². The summed E-state index contributed by atoms with van der Waals surface area (Å²) in [6.07, 6.45) is 0. The van der Waals surface area contributed by atoms with Gasteiger partial charge >= 0.3 is 0 Å². The number of aromatic nitrogens is 2. The molecule has 8 aromatic carbocycles. The Kier molecular flexibility index (Phi) is 8.60. The Labute approximate surface area is 367 Å². The normalized spacial score (nSPS) is 12.7. The van der Waals surface area contributed by atoms with Crippen LogP contribution in [0.5, 0.6) is 0 Å². The number of para-hydroxylation sites is 2. The molecule has 0 saturated heterocycles. The van der Waals surface area contributed by atoms with Gasteiger partial charge in [0.25, 0.3) is 0 Å². The van der Waals surface area contributed by atoms with E-state index in [-0.39, 0.29) is 21.7 Å². The number of hydrogen-bond donors (Lipinski definition) is 0. The number of pyridine rings is 2. The number of rotatable bonds is 5. The maximum Gasteiger partial charge on any atom is 0.197 e. The zero-order chi connectivity index (χ0) is 43.4. The third-order valence-corrected chi connectivity index (χ3v) is 18.3. The highest BCUT2D eigenvalue weighted by Gasteiger charge is 2.43. The Morgan fingerprint density at radius 2 is 0.825 bits per heavy atom. The average molecular weight is 833 g/mol. The highest BCUT2D eigenvalue weighted by Crippen LogP contribution is 2.37. The summed E-state index contributed by atoms with van der Waals surface area (Å²) in [5.41, 5.74) is 6.80. The lowest BCUT2D eigenvalue weighted by Crippen LogP contribution is -2.75. The molecule has 306 valence electrons. The molecule has 0 unspecified atom stereocenters. The van der Waals surface area contributed by atoms with Crippen LogP contribution in [-0.4, -0.2) is 17.0 Å². The SMILES string of the molecule is CC(C)(C)c1ccc2c(c1)c(=O)c1cc(-n3c4ccccc4c4cccc([Si](c5ccccc5)(c5ccccc5)c5ccccc5)c43)cc3c(=O)c4cc(C(C)(C)C)ccc4n2c13. The third-order valence-electron chi connectivity index (χ3n) is 13.5. The number of nitrogens with zero attached hydrogens (tertiary/aromatic N) is 2. The lowest BCUT2D eigenvalue weighted by molar-refractivity contribution is 0.591. The topological polar surface area (TPSA) is 43.5 Å². The van der Waals surface area contributed by atoms with E-state index in [1.54, 1.807) is 0 Å². The highest BCUT2D eigenvalue weighted by atomic mass is 28.3.